The maximum absolute atomic E-state index is 14.7. The number of carboxylic acid groups (broad SMARTS) is 1. The van der Waals surface area contributed by atoms with Crippen molar-refractivity contribution in [2.75, 3.05) is 0 Å². The molecule has 3 N–H and O–H groups in total. The van der Waals surface area contributed by atoms with E-state index < -0.39 is 39.0 Å². The number of rotatable bonds is 10. The van der Waals surface area contributed by atoms with Crippen LogP contribution in [0.4, 0.5) is 0 Å². The number of aliphatic carboxylic acids is 1. The van der Waals surface area contributed by atoms with Gasteiger partial charge in [-0.05, 0) is 96.4 Å². The van der Waals surface area contributed by atoms with Crippen LogP contribution < -0.4 is 4.74 Å². The summed E-state index contributed by atoms with van der Waals surface area (Å²) < 4.78 is 6.08. The lowest BCUT2D eigenvalue weighted by Crippen LogP contribution is -2.46. The van der Waals surface area contributed by atoms with Crippen molar-refractivity contribution in [2.45, 2.75) is 164 Å². The van der Waals surface area contributed by atoms with Gasteiger partial charge in [-0.1, -0.05) is 161 Å². The lowest BCUT2D eigenvalue weighted by Gasteiger charge is -2.42. The van der Waals surface area contributed by atoms with Crippen LogP contribution in [-0.2, 0) is 49.5 Å². The summed E-state index contributed by atoms with van der Waals surface area (Å²) in [5, 5.41) is 34.3. The highest BCUT2D eigenvalue weighted by molar-refractivity contribution is 6.00. The summed E-state index contributed by atoms with van der Waals surface area (Å²) >= 11 is 0. The Balaban J connectivity index is 2.34. The number of benzene rings is 3. The molecule has 0 saturated carbocycles. The molecule has 0 aliphatic carbocycles. The van der Waals surface area contributed by atoms with Crippen molar-refractivity contribution in [3.05, 3.63) is 87.5 Å². The van der Waals surface area contributed by atoms with Gasteiger partial charge in [0.15, 0.2) is 5.41 Å². The predicted molar refractivity (Wildman–Crippen MR) is 218 cm³/mol. The fraction of sp³-hybridized carbons (Fsp3) is 0.574. The van der Waals surface area contributed by atoms with E-state index in [0.29, 0.717) is 33.4 Å². The topological polar surface area (TPSA) is 104 Å². The van der Waals surface area contributed by atoms with Crippen molar-refractivity contribution in [3.63, 3.8) is 0 Å². The summed E-state index contributed by atoms with van der Waals surface area (Å²) in [6.07, 6.45) is 0.619. The van der Waals surface area contributed by atoms with Crippen molar-refractivity contribution in [1.82, 2.24) is 0 Å². The smallest absolute Gasteiger partial charge is 0.329 e. The first kappa shape index (κ1) is 43.6. The van der Waals surface area contributed by atoms with Crippen LogP contribution in [0, 0.1) is 10.8 Å². The number of phenolic OH excluding ortho intramolecular Hbond substituents is 2. The molecule has 53 heavy (non-hydrogen) atoms. The molecule has 0 aromatic heterocycles. The molecule has 0 bridgehead atoms. The van der Waals surface area contributed by atoms with Crippen molar-refractivity contribution < 1.29 is 29.6 Å². The molecule has 3 aromatic carbocycles. The Labute approximate surface area is 320 Å². The Morgan fingerprint density at radius 2 is 0.887 bits per heavy atom. The summed E-state index contributed by atoms with van der Waals surface area (Å²) in [6, 6.07) is 14.7. The third-order valence-electron chi connectivity index (χ3n) is 11.7. The Bertz CT molecular complexity index is 1660. The number of carboxylic acids is 1. The molecule has 0 unspecified atom stereocenters. The van der Waals surface area contributed by atoms with Crippen LogP contribution in [0.3, 0.4) is 0 Å². The molecule has 0 atom stereocenters. The minimum atomic E-state index is -2.06. The van der Waals surface area contributed by atoms with Gasteiger partial charge in [-0.15, -0.1) is 0 Å². The third kappa shape index (κ3) is 9.12. The van der Waals surface area contributed by atoms with Gasteiger partial charge in [0.25, 0.3) is 0 Å². The molecule has 0 spiro atoms. The second-order valence-corrected chi connectivity index (χ2v) is 20.6. The van der Waals surface area contributed by atoms with Gasteiger partial charge in [-0.3, -0.25) is 9.59 Å². The number of carbonyl (C=O) groups is 2. The first-order valence-electron chi connectivity index (χ1n) is 19.1. The summed E-state index contributed by atoms with van der Waals surface area (Å²) in [5.74, 6) is -1.57. The Morgan fingerprint density at radius 1 is 0.566 bits per heavy atom. The van der Waals surface area contributed by atoms with Gasteiger partial charge in [0.2, 0.25) is 0 Å². The number of hydrogen-bond acceptors (Lipinski definition) is 5. The van der Waals surface area contributed by atoms with Crippen molar-refractivity contribution >= 4 is 11.9 Å². The number of hydrogen-bond donors (Lipinski definition) is 3. The molecule has 0 radical (unpaired) electrons. The van der Waals surface area contributed by atoms with Crippen LogP contribution in [0.2, 0.25) is 0 Å². The lowest BCUT2D eigenvalue weighted by molar-refractivity contribution is -0.163. The van der Waals surface area contributed by atoms with Gasteiger partial charge in [0, 0.05) is 0 Å². The summed E-state index contributed by atoms with van der Waals surface area (Å²) in [6.45, 7) is 35.1. The highest BCUT2D eigenvalue weighted by Gasteiger charge is 2.49. The van der Waals surface area contributed by atoms with Crippen LogP contribution in [0.15, 0.2) is 48.5 Å². The van der Waals surface area contributed by atoms with Gasteiger partial charge in [-0.25, -0.2) is 0 Å². The van der Waals surface area contributed by atoms with Crippen molar-refractivity contribution in [1.29, 1.82) is 0 Å². The van der Waals surface area contributed by atoms with Crippen molar-refractivity contribution in [3.8, 4) is 17.2 Å². The SMILES string of the molecule is CCC(C)(C)C(C)(C)c1ccc(OC(=O)C(Cc2cc(C(C)(C)C)c(O)c(C(C)(C)C)c2)(Cc2cc(C(C)(C)C)c(O)c(C(C)(C)C)c2)C(=O)O)cc1. The predicted octanol–water partition coefficient (Wildman–Crippen LogP) is 11.5. The Hall–Kier alpha value is -3.80. The second kappa shape index (κ2) is 14.5. The molecule has 0 aliphatic rings. The summed E-state index contributed by atoms with van der Waals surface area (Å²) in [7, 11) is 0. The molecule has 3 aromatic rings. The molecule has 0 fully saturated rings. The highest BCUT2D eigenvalue weighted by atomic mass is 16.5. The van der Waals surface area contributed by atoms with Crippen LogP contribution in [0.5, 0.6) is 17.2 Å². The zero-order valence-corrected chi connectivity index (χ0v) is 35.8. The molecule has 0 saturated heterocycles. The standard InChI is InChI=1S/C47H68O6/c1-18-45(14,15)46(16,17)31-19-21-32(22-20-31)53-40(52)47(39(50)51,27-29-23-33(41(2,3)4)37(48)34(24-29)42(5,6)7)28-30-25-35(43(8,9)10)38(49)36(26-30)44(11,12)13/h19-26,48-49H,18,27-28H2,1-17H3,(H,50,51). The van der Waals surface area contributed by atoms with E-state index in [1.165, 1.54) is 0 Å². The zero-order chi connectivity index (χ0) is 40.9. The molecule has 6 nitrogen and oxygen atoms in total. The normalized spacial score (nSPS) is 13.6. The number of ether oxygens (including phenoxy) is 1. The Morgan fingerprint density at radius 3 is 1.15 bits per heavy atom. The average molecular weight is 729 g/mol. The number of aromatic hydroxyl groups is 2. The lowest BCUT2D eigenvalue weighted by atomic mass is 9.63. The summed E-state index contributed by atoms with van der Waals surface area (Å²) in [5.41, 5.74) is 0.943. The van der Waals surface area contributed by atoms with E-state index >= 15 is 0 Å². The van der Waals surface area contributed by atoms with Gasteiger partial charge >= 0.3 is 11.9 Å². The van der Waals surface area contributed by atoms with Gasteiger partial charge in [-0.2, -0.15) is 0 Å². The van der Waals surface area contributed by atoms with Gasteiger partial charge in [0.05, 0.1) is 0 Å². The second-order valence-electron chi connectivity index (χ2n) is 20.6. The maximum Gasteiger partial charge on any atom is 0.329 e. The van der Waals surface area contributed by atoms with Crippen LogP contribution in [0.1, 0.15) is 163 Å². The zero-order valence-electron chi connectivity index (χ0n) is 35.8. The van der Waals surface area contributed by atoms with Crippen LogP contribution in [-0.4, -0.2) is 27.3 Å². The highest BCUT2D eigenvalue weighted by Crippen LogP contribution is 2.46. The average Bonchev–Trinajstić information content (AvgIpc) is 2.99. The van der Waals surface area contributed by atoms with Gasteiger partial charge in [0.1, 0.15) is 17.2 Å². The minimum absolute atomic E-state index is 0.00746. The van der Waals surface area contributed by atoms with E-state index in [1.807, 2.05) is 119 Å². The molecule has 3 rings (SSSR count). The van der Waals surface area contributed by atoms with Crippen LogP contribution >= 0.6 is 0 Å². The molecule has 6 heteroatoms. The fourth-order valence-corrected chi connectivity index (χ4v) is 7.00. The first-order chi connectivity index (χ1) is 23.8. The molecular formula is C47H68O6. The largest absolute Gasteiger partial charge is 0.507 e. The minimum Gasteiger partial charge on any atom is -0.507 e. The third-order valence-corrected chi connectivity index (χ3v) is 11.7. The Kier molecular flexibility index (Phi) is 11.9. The molecule has 0 amide bonds. The fourth-order valence-electron chi connectivity index (χ4n) is 7.00. The summed E-state index contributed by atoms with van der Waals surface area (Å²) in [4.78, 5) is 28.6. The quantitative estimate of drug-likeness (QED) is 0.109. The van der Waals surface area contributed by atoms with E-state index in [1.54, 1.807) is 12.1 Å². The van der Waals surface area contributed by atoms with Crippen molar-refractivity contribution in [2.24, 2.45) is 10.8 Å². The van der Waals surface area contributed by atoms with E-state index in [0.717, 1.165) is 12.0 Å². The maximum atomic E-state index is 14.7. The van der Waals surface area contributed by atoms with E-state index in [2.05, 4.69) is 34.6 Å². The molecule has 0 aliphatic heterocycles. The molecular weight excluding hydrogens is 661 g/mol. The van der Waals surface area contributed by atoms with E-state index in [9.17, 15) is 24.9 Å². The molecule has 0 heterocycles. The molecule has 292 valence electrons. The number of esters is 1. The number of phenols is 2. The van der Waals surface area contributed by atoms with E-state index in [-0.39, 0.29) is 40.9 Å². The van der Waals surface area contributed by atoms with Gasteiger partial charge < -0.3 is 20.1 Å². The van der Waals surface area contributed by atoms with E-state index in [4.69, 9.17) is 4.74 Å². The van der Waals surface area contributed by atoms with Crippen LogP contribution in [0.25, 0.3) is 0 Å². The first-order valence-corrected chi connectivity index (χ1v) is 19.1. The number of carbonyl (C=O) groups excluding carboxylic acids is 1. The monoisotopic (exact) mass is 729 g/mol.